The van der Waals surface area contributed by atoms with E-state index in [1.165, 1.54) is 11.1 Å². The summed E-state index contributed by atoms with van der Waals surface area (Å²) in [7, 11) is -1.38. The van der Waals surface area contributed by atoms with Crippen LogP contribution < -0.4 is 10.9 Å². The first-order valence-electron chi connectivity index (χ1n) is 32.1. The Kier molecular flexibility index (Phi) is 17.4. The van der Waals surface area contributed by atoms with Gasteiger partial charge in [-0.3, -0.25) is 0 Å². The molecule has 2 fully saturated rings. The van der Waals surface area contributed by atoms with Crippen LogP contribution in [0.3, 0.4) is 0 Å². The fourth-order valence-corrected chi connectivity index (χ4v) is 12.4. The number of hydrogen-bond acceptors (Lipinski definition) is 7. The number of pyridine rings is 3. The number of benzene rings is 8. The molecule has 13 rings (SSSR count). The first kappa shape index (κ1) is 64.9. The summed E-state index contributed by atoms with van der Waals surface area (Å²) < 4.78 is 28.0. The second kappa shape index (κ2) is 24.9. The maximum absolute atomic E-state index is 7.00. The monoisotopic (exact) mass is 1400 g/mol. The zero-order valence-corrected chi connectivity index (χ0v) is 58.1. The zero-order chi connectivity index (χ0) is 64.5. The molecule has 8 aromatic carbocycles. The van der Waals surface area contributed by atoms with Gasteiger partial charge in [0.15, 0.2) is 0 Å². The van der Waals surface area contributed by atoms with Gasteiger partial charge in [-0.05, 0) is 170 Å². The molecular weight excluding hydrogens is 1320 g/mol. The van der Waals surface area contributed by atoms with Crippen LogP contribution in [-0.4, -0.2) is 51.6 Å². The van der Waals surface area contributed by atoms with E-state index >= 15 is 0 Å². The van der Waals surface area contributed by atoms with Crippen LogP contribution in [-0.2, 0) is 49.6 Å². The molecule has 0 aliphatic carbocycles. The SMILES string of the molecule is CC(C)(C)c1ccnc(-c2[c-]cc(-c3ccccc3-c3cc(-c4ccccc4-c4c[c-]c(-c5cc(C(C)(C)C)ccn5)cc4B4OC(C)(C)C(C)(C)O4)cc(-c4ccccc4-c4c[c-]c(-c5ccccn5)cc4-c4ccccc4)c3)c(B3OC(C)(C)C(C)(C)O3)c2)c1.[Ir+3]. The number of hydrogen-bond donors (Lipinski definition) is 0. The summed E-state index contributed by atoms with van der Waals surface area (Å²) in [6, 6.07) is 82.5. The molecule has 2 aliphatic heterocycles. The van der Waals surface area contributed by atoms with Gasteiger partial charge in [0.05, 0.1) is 22.4 Å². The molecule has 0 atom stereocenters. The predicted octanol–water partition coefficient (Wildman–Crippen LogP) is 19.1. The molecular formula is C83H78B2IrN3O4. The normalized spacial score (nSPS) is 15.7. The van der Waals surface area contributed by atoms with E-state index in [4.69, 9.17) is 33.6 Å². The minimum absolute atomic E-state index is 0. The molecule has 0 amide bonds. The molecule has 93 heavy (non-hydrogen) atoms. The van der Waals surface area contributed by atoms with E-state index in [0.717, 1.165) is 123 Å². The molecule has 10 heteroatoms. The number of nitrogens with zero attached hydrogens (tertiary/aromatic N) is 3. The van der Waals surface area contributed by atoms with Crippen molar-refractivity contribution in [2.75, 3.05) is 0 Å². The standard InChI is InChI=1S/C83H78B2N3O4.Ir/c1-78(2,3)61-41-44-87-76(52-61)56-36-39-70(73(50-56)84-89-80(7,8)81(9,10)90-84)67-32-22-19-29-64(67)59-46-58(63-28-18-21-31-66(63)69-38-35-55(75-34-24-25-43-86-75)49-72(69)54-26-16-15-17-27-54)47-60(48-59)65-30-20-23-33-68(65)71-40-37-57(77-53-62(42-45-88-77)79(4,5)6)51-74(71)85-91-82(11,12)83(13,14)92-85;/h15-34,38-53H,1-14H3;/q-3;+3. The maximum atomic E-state index is 7.00. The Hall–Kier alpha value is -8.17. The molecule has 0 unspecified atom stereocenters. The van der Waals surface area contributed by atoms with Crippen molar-refractivity contribution in [3.63, 3.8) is 0 Å². The third-order valence-electron chi connectivity index (χ3n) is 19.3. The van der Waals surface area contributed by atoms with Gasteiger partial charge in [-0.2, -0.15) is 0 Å². The molecule has 0 saturated carbocycles. The van der Waals surface area contributed by atoms with Crippen LogP contribution >= 0.6 is 0 Å². The van der Waals surface area contributed by atoms with Crippen molar-refractivity contribution in [3.05, 3.63) is 248 Å². The second-order valence-electron chi connectivity index (χ2n) is 28.7. The average molecular weight is 1400 g/mol. The van der Waals surface area contributed by atoms with Gasteiger partial charge in [0, 0.05) is 18.6 Å². The van der Waals surface area contributed by atoms with Crippen LogP contribution in [0.25, 0.3) is 112 Å². The smallest absolute Gasteiger partial charge is 0.400 e. The summed E-state index contributed by atoms with van der Waals surface area (Å²) in [4.78, 5) is 14.6. The van der Waals surface area contributed by atoms with E-state index < -0.39 is 36.6 Å². The largest absolute Gasteiger partial charge is 3.00 e. The van der Waals surface area contributed by atoms with Crippen LogP contribution in [0.15, 0.2) is 219 Å². The summed E-state index contributed by atoms with van der Waals surface area (Å²) in [6.45, 7) is 30.2. The minimum Gasteiger partial charge on any atom is -0.400 e. The van der Waals surface area contributed by atoms with Crippen molar-refractivity contribution >= 4 is 25.2 Å². The van der Waals surface area contributed by atoms with E-state index in [1.54, 1.807) is 0 Å². The third kappa shape index (κ3) is 12.7. The third-order valence-corrected chi connectivity index (χ3v) is 19.3. The maximum Gasteiger partial charge on any atom is 3.00 e. The van der Waals surface area contributed by atoms with Crippen LogP contribution in [0.1, 0.15) is 108 Å². The summed E-state index contributed by atoms with van der Waals surface area (Å²) in [5, 5.41) is 0. The summed E-state index contributed by atoms with van der Waals surface area (Å²) >= 11 is 0. The van der Waals surface area contributed by atoms with Gasteiger partial charge in [-0.15, -0.1) is 71.3 Å². The molecule has 3 aromatic heterocycles. The number of rotatable bonds is 12. The van der Waals surface area contributed by atoms with Gasteiger partial charge in [0.25, 0.3) is 0 Å². The molecule has 2 saturated heterocycles. The zero-order valence-electron chi connectivity index (χ0n) is 55.7. The van der Waals surface area contributed by atoms with Crippen molar-refractivity contribution in [3.8, 4) is 112 Å². The average Bonchev–Trinajstić information content (AvgIpc) is 1.75. The summed E-state index contributed by atoms with van der Waals surface area (Å²) in [5.41, 5.74) is 21.1. The van der Waals surface area contributed by atoms with Crippen LogP contribution in [0.5, 0.6) is 0 Å². The van der Waals surface area contributed by atoms with Gasteiger partial charge in [0.1, 0.15) is 0 Å². The van der Waals surface area contributed by atoms with E-state index in [9.17, 15) is 0 Å². The molecule has 2 aliphatic rings. The van der Waals surface area contributed by atoms with Gasteiger partial charge in [-0.1, -0.05) is 219 Å². The Morgan fingerprint density at radius 3 is 1.04 bits per heavy atom. The number of aromatic nitrogens is 3. The van der Waals surface area contributed by atoms with Gasteiger partial charge in [0.2, 0.25) is 0 Å². The minimum atomic E-state index is -0.692. The Morgan fingerprint density at radius 2 is 0.656 bits per heavy atom. The molecule has 0 N–H and O–H groups in total. The topological polar surface area (TPSA) is 75.6 Å². The van der Waals surface area contributed by atoms with Crippen molar-refractivity contribution in [2.24, 2.45) is 0 Å². The van der Waals surface area contributed by atoms with Crippen molar-refractivity contribution in [2.45, 2.75) is 130 Å². The summed E-state index contributed by atoms with van der Waals surface area (Å²) in [5.74, 6) is 0. The molecule has 0 bridgehead atoms. The van der Waals surface area contributed by atoms with Crippen molar-refractivity contribution in [1.82, 2.24) is 15.0 Å². The van der Waals surface area contributed by atoms with E-state index in [0.29, 0.717) is 0 Å². The Morgan fingerprint density at radius 1 is 0.312 bits per heavy atom. The van der Waals surface area contributed by atoms with Crippen LogP contribution in [0.4, 0.5) is 0 Å². The Labute approximate surface area is 565 Å². The van der Waals surface area contributed by atoms with Crippen LogP contribution in [0.2, 0.25) is 0 Å². The van der Waals surface area contributed by atoms with E-state index in [-0.39, 0.29) is 30.9 Å². The van der Waals surface area contributed by atoms with Crippen LogP contribution in [0, 0.1) is 18.2 Å². The van der Waals surface area contributed by atoms with Gasteiger partial charge >= 0.3 is 34.3 Å². The first-order chi connectivity index (χ1) is 43.8. The molecule has 5 heterocycles. The fourth-order valence-electron chi connectivity index (χ4n) is 12.4. The summed E-state index contributed by atoms with van der Waals surface area (Å²) in [6.07, 6.45) is 5.63. The molecule has 464 valence electrons. The van der Waals surface area contributed by atoms with Gasteiger partial charge < -0.3 is 33.6 Å². The molecule has 11 aromatic rings. The molecule has 0 spiro atoms. The predicted molar refractivity (Wildman–Crippen MR) is 380 cm³/mol. The quantitative estimate of drug-likeness (QED) is 0.0891. The second-order valence-corrected chi connectivity index (χ2v) is 28.7. The Bertz CT molecular complexity index is 4350. The van der Waals surface area contributed by atoms with Gasteiger partial charge in [-0.25, -0.2) is 0 Å². The Balaban J connectivity index is 0.00000832. The molecule has 7 nitrogen and oxygen atoms in total. The fraction of sp³-hybridized carbons (Fsp3) is 0.241. The van der Waals surface area contributed by atoms with E-state index in [1.807, 2.05) is 36.8 Å². The van der Waals surface area contributed by atoms with Crippen molar-refractivity contribution in [1.29, 1.82) is 0 Å². The van der Waals surface area contributed by atoms with E-state index in [2.05, 4.69) is 297 Å². The first-order valence-corrected chi connectivity index (χ1v) is 32.1. The molecule has 0 radical (unpaired) electrons. The van der Waals surface area contributed by atoms with Crippen molar-refractivity contribution < 1.29 is 38.7 Å².